The van der Waals surface area contributed by atoms with Crippen molar-refractivity contribution in [1.82, 2.24) is 10.6 Å². The first-order valence-corrected chi connectivity index (χ1v) is 12.4. The molecular weight excluding hydrogens is 412 g/mol. The average molecular weight is 459 g/mol. The smallest absolute Gasteiger partial charge is 0.267 e. The summed E-state index contributed by atoms with van der Waals surface area (Å²) in [7, 11) is 1.78. The summed E-state index contributed by atoms with van der Waals surface area (Å²) in [6.07, 6.45) is 5.58. The number of aryl methyl sites for hydroxylation is 1. The van der Waals surface area contributed by atoms with Crippen LogP contribution in [-0.2, 0) is 16.1 Å². The average Bonchev–Trinajstić information content (AvgIpc) is 3.32. The lowest BCUT2D eigenvalue weighted by Crippen LogP contribution is -2.31. The highest BCUT2D eigenvalue weighted by Gasteiger charge is 2.19. The van der Waals surface area contributed by atoms with Crippen LogP contribution in [0.25, 0.3) is 0 Å². The van der Waals surface area contributed by atoms with E-state index in [4.69, 9.17) is 5.73 Å². The lowest BCUT2D eigenvalue weighted by Gasteiger charge is -2.18. The number of carbonyl (C=O) groups is 2. The molecule has 2 amide bonds. The Morgan fingerprint density at radius 2 is 1.85 bits per heavy atom. The van der Waals surface area contributed by atoms with Gasteiger partial charge in [0.25, 0.3) is 5.91 Å². The molecule has 1 aliphatic rings. The molecule has 2 rings (SSSR count). The van der Waals surface area contributed by atoms with E-state index in [9.17, 15) is 9.59 Å². The first-order valence-electron chi connectivity index (χ1n) is 12.4. The van der Waals surface area contributed by atoms with Crippen molar-refractivity contribution >= 4 is 17.5 Å². The van der Waals surface area contributed by atoms with Crippen molar-refractivity contribution < 1.29 is 9.59 Å². The van der Waals surface area contributed by atoms with Gasteiger partial charge in [-0.3, -0.25) is 14.6 Å². The van der Waals surface area contributed by atoms with Gasteiger partial charge >= 0.3 is 0 Å². The maximum Gasteiger partial charge on any atom is 0.267 e. The van der Waals surface area contributed by atoms with E-state index in [0.29, 0.717) is 18.2 Å². The number of allylic oxidation sites excluding steroid dienone is 1. The molecule has 1 atom stereocenters. The van der Waals surface area contributed by atoms with E-state index >= 15 is 0 Å². The minimum Gasteiger partial charge on any atom is -0.394 e. The van der Waals surface area contributed by atoms with Gasteiger partial charge in [0, 0.05) is 37.8 Å². The van der Waals surface area contributed by atoms with Crippen LogP contribution in [0.1, 0.15) is 84.3 Å². The van der Waals surface area contributed by atoms with Crippen molar-refractivity contribution in [3.05, 3.63) is 46.7 Å². The number of aliphatic imine (C=N–C) groups is 1. The van der Waals surface area contributed by atoms with Crippen molar-refractivity contribution in [1.29, 1.82) is 0 Å². The molecule has 6 nitrogen and oxygen atoms in total. The predicted molar refractivity (Wildman–Crippen MR) is 140 cm³/mol. The van der Waals surface area contributed by atoms with Gasteiger partial charge in [-0.05, 0) is 44.1 Å². The molecular formula is C27H46N4O2. The van der Waals surface area contributed by atoms with E-state index in [1.54, 1.807) is 7.05 Å². The number of benzene rings is 1. The Morgan fingerprint density at radius 1 is 1.21 bits per heavy atom. The third-order valence-electron chi connectivity index (χ3n) is 5.46. The van der Waals surface area contributed by atoms with Crippen molar-refractivity contribution in [3.63, 3.8) is 0 Å². The lowest BCUT2D eigenvalue weighted by atomic mass is 9.91. The summed E-state index contributed by atoms with van der Waals surface area (Å²) < 4.78 is 0. The number of hydrogen-bond donors (Lipinski definition) is 3. The molecule has 1 unspecified atom stereocenters. The highest BCUT2D eigenvalue weighted by Crippen LogP contribution is 2.20. The predicted octanol–water partition coefficient (Wildman–Crippen LogP) is 5.05. The number of nitrogens with two attached hydrogens (primary N) is 1. The Morgan fingerprint density at radius 3 is 2.27 bits per heavy atom. The van der Waals surface area contributed by atoms with Crippen LogP contribution < -0.4 is 16.4 Å². The van der Waals surface area contributed by atoms with E-state index in [-0.39, 0.29) is 11.8 Å². The summed E-state index contributed by atoms with van der Waals surface area (Å²) in [5.74, 6) is 0.284. The Kier molecular flexibility index (Phi) is 16.4. The fourth-order valence-corrected chi connectivity index (χ4v) is 3.29. The molecule has 1 aromatic rings. The molecule has 0 spiro atoms. The van der Waals surface area contributed by atoms with E-state index < -0.39 is 0 Å². The molecule has 6 heteroatoms. The van der Waals surface area contributed by atoms with Gasteiger partial charge in [-0.25, -0.2) is 0 Å². The molecule has 0 saturated carbocycles. The van der Waals surface area contributed by atoms with Crippen molar-refractivity contribution in [3.8, 4) is 0 Å². The van der Waals surface area contributed by atoms with Crippen LogP contribution in [0.4, 0.5) is 0 Å². The molecule has 4 N–H and O–H groups in total. The summed E-state index contributed by atoms with van der Waals surface area (Å²) in [6.45, 7) is 13.8. The largest absolute Gasteiger partial charge is 0.394 e. The van der Waals surface area contributed by atoms with E-state index in [2.05, 4.69) is 36.4 Å². The van der Waals surface area contributed by atoms with Gasteiger partial charge in [-0.15, -0.1) is 0 Å². The van der Waals surface area contributed by atoms with Gasteiger partial charge in [-0.1, -0.05) is 70.9 Å². The van der Waals surface area contributed by atoms with Gasteiger partial charge in [0.15, 0.2) is 0 Å². The second-order valence-electron chi connectivity index (χ2n) is 8.04. The molecule has 1 aromatic carbocycles. The van der Waals surface area contributed by atoms with E-state index in [1.165, 1.54) is 5.56 Å². The summed E-state index contributed by atoms with van der Waals surface area (Å²) >= 11 is 0. The SMILES string of the molecule is CC.CCCC/C(C(=NC)C(C)CC)=C(/N)C(=O)NCc1ccc(C)cc1.O=C1CCCN1. The van der Waals surface area contributed by atoms with Gasteiger partial charge in [0.2, 0.25) is 5.91 Å². The third-order valence-corrected chi connectivity index (χ3v) is 5.46. The zero-order valence-electron chi connectivity index (χ0n) is 21.9. The fraction of sp³-hybridized carbons (Fsp3) is 0.593. The maximum atomic E-state index is 12.6. The van der Waals surface area contributed by atoms with Gasteiger partial charge < -0.3 is 16.4 Å². The zero-order chi connectivity index (χ0) is 25.2. The van der Waals surface area contributed by atoms with Crippen molar-refractivity contribution in [2.45, 2.75) is 86.6 Å². The summed E-state index contributed by atoms with van der Waals surface area (Å²) in [6, 6.07) is 8.12. The number of hydrogen-bond acceptors (Lipinski definition) is 4. The number of unbranched alkanes of at least 4 members (excludes halogenated alkanes) is 1. The summed E-state index contributed by atoms with van der Waals surface area (Å²) in [5, 5.41) is 5.61. The second kappa shape index (κ2) is 17.9. The molecule has 1 fully saturated rings. The number of rotatable bonds is 9. The number of nitrogens with zero attached hydrogens (tertiary/aromatic N) is 1. The van der Waals surface area contributed by atoms with Crippen LogP contribution in [0, 0.1) is 12.8 Å². The monoisotopic (exact) mass is 458 g/mol. The van der Waals surface area contributed by atoms with Gasteiger partial charge in [-0.2, -0.15) is 0 Å². The number of nitrogens with one attached hydrogen (secondary N) is 2. The fourth-order valence-electron chi connectivity index (χ4n) is 3.29. The van der Waals surface area contributed by atoms with Crippen LogP contribution in [0.3, 0.4) is 0 Å². The Hall–Kier alpha value is -2.63. The second-order valence-corrected chi connectivity index (χ2v) is 8.04. The topological polar surface area (TPSA) is 96.6 Å². The maximum absolute atomic E-state index is 12.6. The Balaban J connectivity index is 0.00000108. The Bertz CT molecular complexity index is 759. The third kappa shape index (κ3) is 11.7. The van der Waals surface area contributed by atoms with E-state index in [1.807, 2.05) is 45.0 Å². The van der Waals surface area contributed by atoms with Crippen molar-refractivity contribution in [2.75, 3.05) is 13.6 Å². The molecule has 0 aromatic heterocycles. The molecule has 0 bridgehead atoms. The Labute approximate surface area is 201 Å². The van der Waals surface area contributed by atoms with Crippen LogP contribution in [0.5, 0.6) is 0 Å². The minimum absolute atomic E-state index is 0.204. The summed E-state index contributed by atoms with van der Waals surface area (Å²) in [4.78, 5) is 27.1. The minimum atomic E-state index is -0.212. The van der Waals surface area contributed by atoms with Crippen molar-refractivity contribution in [2.24, 2.45) is 16.6 Å². The molecule has 1 heterocycles. The lowest BCUT2D eigenvalue weighted by molar-refractivity contribution is -0.119. The van der Waals surface area contributed by atoms with Gasteiger partial charge in [0.05, 0.1) is 0 Å². The van der Waals surface area contributed by atoms with Crippen LogP contribution in [0.15, 0.2) is 40.5 Å². The van der Waals surface area contributed by atoms with Gasteiger partial charge in [0.1, 0.15) is 5.70 Å². The van der Waals surface area contributed by atoms with Crippen LogP contribution >= 0.6 is 0 Å². The molecule has 186 valence electrons. The van der Waals surface area contributed by atoms with Crippen LogP contribution in [0.2, 0.25) is 0 Å². The standard InChI is InChI=1S/C21H33N3O.C4H7NO.C2H6/c1-6-8-9-18(20(23-5)16(4)7-2)19(22)21(25)24-14-17-12-10-15(3)11-13-17;6-4-2-1-3-5-4;1-2/h10-13,16H,6-9,14,22H2,1-5H3,(H,24,25);1-3H2,(H,5,6);1-2H3/b19-18-,23-20?;;. The molecule has 33 heavy (non-hydrogen) atoms. The normalized spacial score (nSPS) is 14.6. The molecule has 0 radical (unpaired) electrons. The highest BCUT2D eigenvalue weighted by molar-refractivity contribution is 6.08. The van der Waals surface area contributed by atoms with E-state index in [0.717, 1.165) is 61.9 Å². The summed E-state index contributed by atoms with van der Waals surface area (Å²) in [5.41, 5.74) is 10.7. The first kappa shape index (κ1) is 30.4. The molecule has 1 aliphatic heterocycles. The quantitative estimate of drug-likeness (QED) is 0.357. The number of amides is 2. The molecule has 0 aliphatic carbocycles. The first-order chi connectivity index (χ1) is 15.8. The molecule has 1 saturated heterocycles. The highest BCUT2D eigenvalue weighted by atomic mass is 16.2. The number of carbonyl (C=O) groups excluding carboxylic acids is 2. The zero-order valence-corrected chi connectivity index (χ0v) is 21.9. The van der Waals surface area contributed by atoms with Crippen LogP contribution in [-0.4, -0.2) is 31.1 Å².